The first kappa shape index (κ1) is 24.9. The van der Waals surface area contributed by atoms with E-state index in [1.807, 2.05) is 18.2 Å². The number of carboxylic acids is 1. The van der Waals surface area contributed by atoms with Crippen LogP contribution in [0, 0.1) is 31.5 Å². The van der Waals surface area contributed by atoms with E-state index in [9.17, 15) is 9.90 Å². The number of aryl methyl sites for hydroxylation is 2. The van der Waals surface area contributed by atoms with Crippen molar-refractivity contribution in [2.45, 2.75) is 51.5 Å². The maximum absolute atomic E-state index is 15.2. The van der Waals surface area contributed by atoms with Gasteiger partial charge in [0.05, 0.1) is 25.2 Å². The van der Waals surface area contributed by atoms with Gasteiger partial charge >= 0.3 is 5.97 Å². The quantitative estimate of drug-likeness (QED) is 0.371. The number of halogens is 1. The summed E-state index contributed by atoms with van der Waals surface area (Å²) < 4.78 is 26.8. The molecule has 38 heavy (non-hydrogen) atoms. The maximum atomic E-state index is 15.2. The van der Waals surface area contributed by atoms with Crippen molar-refractivity contribution in [2.24, 2.45) is 11.8 Å². The molecule has 2 aromatic carbocycles. The smallest absolute Gasteiger partial charge is 0.307 e. The lowest BCUT2D eigenvalue weighted by molar-refractivity contribution is -0.138. The Labute approximate surface area is 222 Å². The number of aromatic nitrogens is 1. The van der Waals surface area contributed by atoms with Crippen LogP contribution in [0.25, 0.3) is 11.1 Å². The van der Waals surface area contributed by atoms with Crippen LogP contribution in [0.15, 0.2) is 42.6 Å². The van der Waals surface area contributed by atoms with Gasteiger partial charge in [-0.05, 0) is 103 Å². The third kappa shape index (κ3) is 4.75. The minimum atomic E-state index is -0.752. The fourth-order valence-electron chi connectivity index (χ4n) is 6.18. The Hall–Kier alpha value is -3.45. The summed E-state index contributed by atoms with van der Waals surface area (Å²) in [5, 5.41) is 12.6. The Morgan fingerprint density at radius 3 is 2.66 bits per heavy atom. The van der Waals surface area contributed by atoms with Gasteiger partial charge in [0.15, 0.2) is 0 Å². The van der Waals surface area contributed by atoms with Crippen LogP contribution < -0.4 is 10.1 Å². The van der Waals surface area contributed by atoms with E-state index in [1.165, 1.54) is 0 Å². The predicted molar refractivity (Wildman–Crippen MR) is 143 cm³/mol. The van der Waals surface area contributed by atoms with Gasteiger partial charge in [-0.1, -0.05) is 12.1 Å². The van der Waals surface area contributed by atoms with Gasteiger partial charge in [-0.3, -0.25) is 4.79 Å². The molecule has 2 heterocycles. The monoisotopic (exact) mass is 516 g/mol. The van der Waals surface area contributed by atoms with Crippen molar-refractivity contribution < 1.29 is 23.8 Å². The van der Waals surface area contributed by atoms with Gasteiger partial charge in [0.2, 0.25) is 0 Å². The molecule has 0 bridgehead atoms. The average Bonchev–Trinajstić information content (AvgIpc) is 3.31. The van der Waals surface area contributed by atoms with Crippen LogP contribution >= 0.6 is 0 Å². The molecular weight excluding hydrogens is 483 g/mol. The third-order valence-corrected chi connectivity index (χ3v) is 8.26. The fraction of sp³-hybridized carbons (Fsp3) is 0.419. The zero-order valence-corrected chi connectivity index (χ0v) is 21.8. The molecule has 0 radical (unpaired) electrons. The van der Waals surface area contributed by atoms with E-state index >= 15 is 4.39 Å². The summed E-state index contributed by atoms with van der Waals surface area (Å²) in [7, 11) is 0. The maximum Gasteiger partial charge on any atom is 0.307 e. The van der Waals surface area contributed by atoms with Crippen LogP contribution in [-0.4, -0.2) is 35.9 Å². The highest BCUT2D eigenvalue weighted by atomic mass is 19.1. The van der Waals surface area contributed by atoms with Crippen molar-refractivity contribution in [1.82, 2.24) is 4.98 Å². The molecule has 6 nitrogen and oxygen atoms in total. The topological polar surface area (TPSA) is 80.7 Å². The van der Waals surface area contributed by atoms with Crippen LogP contribution in [-0.2, 0) is 16.0 Å². The highest BCUT2D eigenvalue weighted by molar-refractivity contribution is 5.77. The molecular formula is C31H33FN2O4. The Morgan fingerprint density at radius 2 is 2.00 bits per heavy atom. The second kappa shape index (κ2) is 10.0. The first-order valence-electron chi connectivity index (χ1n) is 13.5. The zero-order chi connectivity index (χ0) is 26.4. The molecule has 1 aromatic heterocycles. The Balaban J connectivity index is 1.22. The summed E-state index contributed by atoms with van der Waals surface area (Å²) in [6, 6.07) is 11.3. The van der Waals surface area contributed by atoms with E-state index in [2.05, 4.69) is 36.3 Å². The van der Waals surface area contributed by atoms with Crippen LogP contribution in [0.2, 0.25) is 0 Å². The molecule has 2 unspecified atom stereocenters. The number of fused-ring (bicyclic) bond motifs is 1. The van der Waals surface area contributed by atoms with Gasteiger partial charge in [-0.25, -0.2) is 9.37 Å². The lowest BCUT2D eigenvalue weighted by Gasteiger charge is -2.19. The molecule has 1 aliphatic heterocycles. The van der Waals surface area contributed by atoms with E-state index in [0.717, 1.165) is 71.6 Å². The summed E-state index contributed by atoms with van der Waals surface area (Å²) in [5.41, 5.74) is 7.14. The lowest BCUT2D eigenvalue weighted by atomic mass is 9.90. The number of nitrogens with zero attached hydrogens (tertiary/aromatic N) is 1. The number of ether oxygens (including phenoxy) is 2. The van der Waals surface area contributed by atoms with Crippen molar-refractivity contribution in [3.8, 4) is 16.9 Å². The number of rotatable bonds is 8. The number of hydrogen-bond acceptors (Lipinski definition) is 5. The molecule has 1 saturated carbocycles. The minimum absolute atomic E-state index is 0.0428. The number of aliphatic carboxylic acids is 1. The van der Waals surface area contributed by atoms with Gasteiger partial charge in [0.1, 0.15) is 17.4 Å². The van der Waals surface area contributed by atoms with E-state index in [4.69, 9.17) is 9.47 Å². The van der Waals surface area contributed by atoms with Crippen LogP contribution in [0.1, 0.15) is 59.0 Å². The molecule has 1 saturated heterocycles. The summed E-state index contributed by atoms with van der Waals surface area (Å²) >= 11 is 0. The van der Waals surface area contributed by atoms with Crippen molar-refractivity contribution >= 4 is 11.8 Å². The first-order chi connectivity index (χ1) is 18.4. The molecule has 4 atom stereocenters. The molecule has 3 aromatic rings. The summed E-state index contributed by atoms with van der Waals surface area (Å²) in [5.74, 6) is 0.765. The first-order valence-corrected chi connectivity index (χ1v) is 13.5. The summed E-state index contributed by atoms with van der Waals surface area (Å²) in [6.07, 6.45) is 5.00. The Bertz CT molecular complexity index is 1340. The number of nitrogens with one attached hydrogen (secondary N) is 1. The summed E-state index contributed by atoms with van der Waals surface area (Å²) in [6.45, 7) is 6.42. The van der Waals surface area contributed by atoms with Crippen molar-refractivity contribution in [2.75, 3.05) is 25.1 Å². The van der Waals surface area contributed by atoms with Gasteiger partial charge in [0, 0.05) is 24.3 Å². The molecule has 198 valence electrons. The van der Waals surface area contributed by atoms with Crippen molar-refractivity contribution in [3.05, 3.63) is 76.2 Å². The number of pyridine rings is 1. The van der Waals surface area contributed by atoms with Gasteiger partial charge in [0.25, 0.3) is 0 Å². The predicted octanol–water partition coefficient (Wildman–Crippen LogP) is 6.21. The van der Waals surface area contributed by atoms with Crippen LogP contribution in [0.3, 0.4) is 0 Å². The van der Waals surface area contributed by atoms with Crippen LogP contribution in [0.4, 0.5) is 10.2 Å². The second-order valence-electron chi connectivity index (χ2n) is 11.0. The van der Waals surface area contributed by atoms with Crippen molar-refractivity contribution in [1.29, 1.82) is 0 Å². The Morgan fingerprint density at radius 1 is 1.18 bits per heavy atom. The molecule has 3 aliphatic rings. The standard InChI is InChI=1S/C31H33FN2O4/c1-17-11-21(38-16-19-9-10-37-15-19)12-18(2)29(17)22-4-6-26(32)30-23(22)5-7-27(30)34-28-8-3-20(14-33-28)24-13-25(24)31(35)36/h3-4,6,8,11-12,14,19,24-25,27H,5,7,9-10,13,15-16H2,1-2H3,(H,33,34)(H,35,36)/t19?,24-,25+,27?/m1/s1. The highest BCUT2D eigenvalue weighted by Crippen LogP contribution is 2.48. The molecule has 0 spiro atoms. The summed E-state index contributed by atoms with van der Waals surface area (Å²) in [4.78, 5) is 15.7. The van der Waals surface area contributed by atoms with E-state index in [-0.39, 0.29) is 23.7 Å². The fourth-order valence-corrected chi connectivity index (χ4v) is 6.18. The number of anilines is 1. The van der Waals surface area contributed by atoms with Gasteiger partial charge in [-0.2, -0.15) is 0 Å². The largest absolute Gasteiger partial charge is 0.493 e. The highest BCUT2D eigenvalue weighted by Gasteiger charge is 2.44. The van der Waals surface area contributed by atoms with Gasteiger partial charge < -0.3 is 19.9 Å². The van der Waals surface area contributed by atoms with Gasteiger partial charge in [-0.15, -0.1) is 0 Å². The van der Waals surface area contributed by atoms with E-state index in [0.29, 0.717) is 30.3 Å². The average molecular weight is 517 g/mol. The molecule has 2 N–H and O–H groups in total. The van der Waals surface area contributed by atoms with Crippen molar-refractivity contribution in [3.63, 3.8) is 0 Å². The Kier molecular flexibility index (Phi) is 6.56. The molecule has 0 amide bonds. The lowest BCUT2D eigenvalue weighted by Crippen LogP contribution is -2.12. The number of benzene rings is 2. The van der Waals surface area contributed by atoms with Crippen LogP contribution in [0.5, 0.6) is 5.75 Å². The number of carboxylic acid groups (broad SMARTS) is 1. The molecule has 6 rings (SSSR count). The third-order valence-electron chi connectivity index (χ3n) is 8.26. The number of hydrogen-bond donors (Lipinski definition) is 2. The van der Waals surface area contributed by atoms with E-state index in [1.54, 1.807) is 12.3 Å². The number of carbonyl (C=O) groups is 1. The molecule has 2 aliphatic carbocycles. The minimum Gasteiger partial charge on any atom is -0.493 e. The molecule has 2 fully saturated rings. The second-order valence-corrected chi connectivity index (χ2v) is 11.0. The van der Waals surface area contributed by atoms with E-state index < -0.39 is 5.97 Å². The SMILES string of the molecule is Cc1cc(OCC2CCOC2)cc(C)c1-c1ccc(F)c2c1CCC2Nc1ccc([C@H]2C[C@@H]2C(=O)O)cn1. The molecule has 7 heteroatoms. The normalized spacial score (nSPS) is 23.8. The zero-order valence-electron chi connectivity index (χ0n) is 21.8.